The Morgan fingerprint density at radius 1 is 1.09 bits per heavy atom. The minimum Gasteiger partial charge on any atom is -0.308 e. The van der Waals surface area contributed by atoms with Crippen LogP contribution in [0.25, 0.3) is 16.9 Å². The summed E-state index contributed by atoms with van der Waals surface area (Å²) in [7, 11) is 0. The molecule has 1 aromatic carbocycles. The van der Waals surface area contributed by atoms with Crippen LogP contribution in [0.4, 0.5) is 11.8 Å². The lowest BCUT2D eigenvalue weighted by Gasteiger charge is -2.08. The first-order valence-corrected chi connectivity index (χ1v) is 10.9. The highest BCUT2D eigenvalue weighted by atomic mass is 15.3. The number of benzene rings is 1. The molecule has 0 bridgehead atoms. The Morgan fingerprint density at radius 3 is 2.84 bits per heavy atom. The zero-order chi connectivity index (χ0) is 21.7. The molecule has 8 nitrogen and oxygen atoms in total. The summed E-state index contributed by atoms with van der Waals surface area (Å²) in [4.78, 5) is 9.55. The van der Waals surface area contributed by atoms with Crippen LogP contribution in [0.5, 0.6) is 0 Å². The van der Waals surface area contributed by atoms with E-state index in [0.29, 0.717) is 18.4 Å². The summed E-state index contributed by atoms with van der Waals surface area (Å²) >= 11 is 0. The van der Waals surface area contributed by atoms with E-state index < -0.39 is 0 Å². The van der Waals surface area contributed by atoms with E-state index in [4.69, 9.17) is 4.98 Å². The molecule has 0 spiro atoms. The third kappa shape index (κ3) is 3.64. The first-order valence-electron chi connectivity index (χ1n) is 10.9. The van der Waals surface area contributed by atoms with Crippen LogP contribution in [0, 0.1) is 13.8 Å². The first-order chi connectivity index (χ1) is 15.6. The molecule has 1 aliphatic carbocycles. The molecule has 2 N–H and O–H groups in total. The van der Waals surface area contributed by atoms with Crippen LogP contribution in [-0.4, -0.2) is 34.3 Å². The largest absolute Gasteiger partial charge is 0.308 e. The van der Waals surface area contributed by atoms with Gasteiger partial charge in [0.2, 0.25) is 5.95 Å². The second kappa shape index (κ2) is 7.33. The average molecular weight is 425 g/mol. The summed E-state index contributed by atoms with van der Waals surface area (Å²) in [5.74, 6) is 2.06. The maximum absolute atomic E-state index is 4.89. The molecule has 0 amide bonds. The summed E-state index contributed by atoms with van der Waals surface area (Å²) in [6.07, 6.45) is 8.32. The molecule has 0 aliphatic heterocycles. The molecular weight excluding hydrogens is 400 g/mol. The lowest BCUT2D eigenvalue weighted by atomic mass is 10.1. The van der Waals surface area contributed by atoms with Crippen molar-refractivity contribution in [3.8, 4) is 11.3 Å². The van der Waals surface area contributed by atoms with E-state index in [0.717, 1.165) is 28.4 Å². The number of nitrogens with zero attached hydrogens (tertiary/aromatic N) is 6. The van der Waals surface area contributed by atoms with Crippen LogP contribution in [-0.2, 0) is 6.54 Å². The molecule has 0 radical (unpaired) electrons. The third-order valence-corrected chi connectivity index (χ3v) is 5.78. The Balaban J connectivity index is 1.33. The molecule has 8 heteroatoms. The number of anilines is 2. The van der Waals surface area contributed by atoms with E-state index in [1.807, 2.05) is 40.7 Å². The molecule has 32 heavy (non-hydrogen) atoms. The topological polar surface area (TPSA) is 88.7 Å². The van der Waals surface area contributed by atoms with Crippen molar-refractivity contribution in [2.75, 3.05) is 5.32 Å². The van der Waals surface area contributed by atoms with Gasteiger partial charge >= 0.3 is 0 Å². The summed E-state index contributed by atoms with van der Waals surface area (Å²) in [6, 6.07) is 12.5. The van der Waals surface area contributed by atoms with Crippen molar-refractivity contribution >= 4 is 17.4 Å². The fourth-order valence-electron chi connectivity index (χ4n) is 4.04. The van der Waals surface area contributed by atoms with E-state index in [1.165, 1.54) is 29.7 Å². The number of H-pyrrole nitrogens is 1. The predicted molar refractivity (Wildman–Crippen MR) is 123 cm³/mol. The van der Waals surface area contributed by atoms with E-state index in [-0.39, 0.29) is 0 Å². The smallest absolute Gasteiger partial charge is 0.215 e. The molecular formula is C24H24N8. The van der Waals surface area contributed by atoms with Crippen molar-refractivity contribution < 1.29 is 0 Å². The number of aryl methyl sites for hydroxylation is 2. The van der Waals surface area contributed by atoms with Gasteiger partial charge in [-0.15, -0.1) is 0 Å². The highest BCUT2D eigenvalue weighted by Gasteiger charge is 2.25. The second-order valence-electron chi connectivity index (χ2n) is 8.60. The average Bonchev–Trinajstić information content (AvgIpc) is 3.15. The van der Waals surface area contributed by atoms with Crippen LogP contribution in [0.3, 0.4) is 0 Å². The Labute approximate surface area is 185 Å². The van der Waals surface area contributed by atoms with E-state index in [9.17, 15) is 0 Å². The number of rotatable bonds is 6. The van der Waals surface area contributed by atoms with Gasteiger partial charge in [0, 0.05) is 41.7 Å². The van der Waals surface area contributed by atoms with Crippen LogP contribution in [0.2, 0.25) is 0 Å². The number of aromatic nitrogens is 7. The van der Waals surface area contributed by atoms with Crippen molar-refractivity contribution in [2.45, 2.75) is 39.2 Å². The van der Waals surface area contributed by atoms with Crippen molar-refractivity contribution in [1.82, 2.24) is 34.3 Å². The standard InChI is InChI=1S/C24H24N8/c1-15-4-3-5-17(8-15)13-31-14-19(11-25-31)20-10-23-26-16(2)12-32(23)24(27-20)28-22-9-21(29-30-22)18-6-7-18/h3-5,8-12,14,18H,6-7,13H2,1-2H3,(H2,27,28,29,30). The minimum absolute atomic E-state index is 0.618. The maximum Gasteiger partial charge on any atom is 0.215 e. The molecule has 6 rings (SSSR count). The number of hydrogen-bond donors (Lipinski definition) is 2. The summed E-state index contributed by atoms with van der Waals surface area (Å²) in [5, 5.41) is 15.5. The molecule has 4 aromatic heterocycles. The highest BCUT2D eigenvalue weighted by Crippen LogP contribution is 2.39. The first kappa shape index (κ1) is 18.8. The molecule has 0 saturated heterocycles. The third-order valence-electron chi connectivity index (χ3n) is 5.78. The van der Waals surface area contributed by atoms with Crippen molar-refractivity contribution in [3.63, 3.8) is 0 Å². The van der Waals surface area contributed by atoms with Gasteiger partial charge in [-0.3, -0.25) is 14.2 Å². The zero-order valence-corrected chi connectivity index (χ0v) is 18.1. The molecule has 0 atom stereocenters. The number of hydrogen-bond acceptors (Lipinski definition) is 5. The van der Waals surface area contributed by atoms with Crippen molar-refractivity contribution in [2.24, 2.45) is 0 Å². The predicted octanol–water partition coefficient (Wildman–Crippen LogP) is 4.60. The van der Waals surface area contributed by atoms with Crippen LogP contribution in [0.1, 0.15) is 41.3 Å². The minimum atomic E-state index is 0.618. The van der Waals surface area contributed by atoms with Gasteiger partial charge in [0.1, 0.15) is 5.65 Å². The second-order valence-corrected chi connectivity index (χ2v) is 8.60. The highest BCUT2D eigenvalue weighted by molar-refractivity contribution is 5.66. The van der Waals surface area contributed by atoms with Gasteiger partial charge in [0.25, 0.3) is 0 Å². The Morgan fingerprint density at radius 2 is 2.00 bits per heavy atom. The lowest BCUT2D eigenvalue weighted by Crippen LogP contribution is -2.03. The molecule has 4 heterocycles. The van der Waals surface area contributed by atoms with Gasteiger partial charge in [-0.05, 0) is 32.3 Å². The van der Waals surface area contributed by atoms with Crippen molar-refractivity contribution in [1.29, 1.82) is 0 Å². The van der Waals surface area contributed by atoms with Crippen LogP contribution in [0.15, 0.2) is 55.0 Å². The number of nitrogens with one attached hydrogen (secondary N) is 2. The summed E-state index contributed by atoms with van der Waals surface area (Å²) < 4.78 is 3.90. The quantitative estimate of drug-likeness (QED) is 0.416. The van der Waals surface area contributed by atoms with Gasteiger partial charge in [0.05, 0.1) is 24.1 Å². The zero-order valence-electron chi connectivity index (χ0n) is 18.1. The van der Waals surface area contributed by atoms with Gasteiger partial charge < -0.3 is 5.32 Å². The summed E-state index contributed by atoms with van der Waals surface area (Å²) in [6.45, 7) is 4.80. The monoisotopic (exact) mass is 424 g/mol. The van der Waals surface area contributed by atoms with Crippen LogP contribution < -0.4 is 5.32 Å². The normalized spacial score (nSPS) is 13.7. The molecule has 1 fully saturated rings. The van der Waals surface area contributed by atoms with Gasteiger partial charge in [0.15, 0.2) is 5.82 Å². The lowest BCUT2D eigenvalue weighted by molar-refractivity contribution is 0.686. The van der Waals surface area contributed by atoms with Gasteiger partial charge in [-0.25, -0.2) is 9.97 Å². The molecule has 160 valence electrons. The number of fused-ring (bicyclic) bond motifs is 1. The van der Waals surface area contributed by atoms with Crippen molar-refractivity contribution in [3.05, 3.63) is 77.5 Å². The van der Waals surface area contributed by atoms with Gasteiger partial charge in [-0.1, -0.05) is 29.8 Å². The van der Waals surface area contributed by atoms with E-state index in [1.54, 1.807) is 0 Å². The fourth-order valence-corrected chi connectivity index (χ4v) is 4.04. The molecule has 1 aliphatic rings. The van der Waals surface area contributed by atoms with E-state index >= 15 is 0 Å². The summed E-state index contributed by atoms with van der Waals surface area (Å²) in [5.41, 5.74) is 7.18. The van der Waals surface area contributed by atoms with Gasteiger partial charge in [-0.2, -0.15) is 10.2 Å². The molecule has 1 saturated carbocycles. The number of imidazole rings is 1. The molecule has 0 unspecified atom stereocenters. The Bertz CT molecular complexity index is 1420. The fraction of sp³-hybridized carbons (Fsp3) is 0.250. The maximum atomic E-state index is 4.89. The molecule has 5 aromatic rings. The Kier molecular flexibility index (Phi) is 4.31. The Hall–Kier alpha value is -3.94. The van der Waals surface area contributed by atoms with Crippen LogP contribution >= 0.6 is 0 Å². The SMILES string of the molecule is Cc1cccc(Cn2cc(-c3cc4nc(C)cn4c(Nc4cc(C5CC5)[nH]n4)n3)cn2)c1. The van der Waals surface area contributed by atoms with E-state index in [2.05, 4.69) is 62.9 Å². The number of aromatic amines is 1.